The van der Waals surface area contributed by atoms with Gasteiger partial charge in [0.1, 0.15) is 5.82 Å². The summed E-state index contributed by atoms with van der Waals surface area (Å²) in [5.41, 5.74) is 0.849. The standard InChI is InChI=1S/C20H23F3N4O/c1-13-7-9-26(10-8-13)19(28)16-12-18-24-15(14-5-3-2-4-6-14)11-17(20(21,22)23)27(18)25-16/h2-6,12-13,15,17,24H,7-11H2,1H3/t15-,17-/m1/s1. The minimum atomic E-state index is -4.45. The number of halogens is 3. The van der Waals surface area contributed by atoms with Crippen molar-refractivity contribution in [1.29, 1.82) is 0 Å². The molecule has 4 rings (SSSR count). The summed E-state index contributed by atoms with van der Waals surface area (Å²) in [5.74, 6) is 0.492. The number of nitrogens with one attached hydrogen (secondary N) is 1. The molecule has 0 aliphatic carbocycles. The van der Waals surface area contributed by atoms with Crippen LogP contribution in [0.4, 0.5) is 19.0 Å². The van der Waals surface area contributed by atoms with Crippen LogP contribution in [0.3, 0.4) is 0 Å². The lowest BCUT2D eigenvalue weighted by Gasteiger charge is -2.33. The number of piperidine rings is 1. The number of fused-ring (bicyclic) bond motifs is 1. The third-order valence-corrected chi connectivity index (χ3v) is 5.68. The highest BCUT2D eigenvalue weighted by molar-refractivity contribution is 5.93. The molecule has 1 fully saturated rings. The van der Waals surface area contributed by atoms with Gasteiger partial charge in [0, 0.05) is 25.6 Å². The molecule has 3 heterocycles. The number of hydrogen-bond acceptors (Lipinski definition) is 3. The van der Waals surface area contributed by atoms with Crippen LogP contribution in [0.25, 0.3) is 0 Å². The molecule has 5 nitrogen and oxygen atoms in total. The van der Waals surface area contributed by atoms with E-state index in [9.17, 15) is 18.0 Å². The van der Waals surface area contributed by atoms with Crippen molar-refractivity contribution in [3.63, 3.8) is 0 Å². The van der Waals surface area contributed by atoms with Crippen LogP contribution >= 0.6 is 0 Å². The number of carbonyl (C=O) groups is 1. The van der Waals surface area contributed by atoms with Crippen LogP contribution in [0.5, 0.6) is 0 Å². The zero-order valence-electron chi connectivity index (χ0n) is 15.6. The van der Waals surface area contributed by atoms with Gasteiger partial charge in [0.15, 0.2) is 11.7 Å². The molecule has 2 aliphatic heterocycles. The fourth-order valence-electron chi connectivity index (χ4n) is 3.96. The quantitative estimate of drug-likeness (QED) is 0.823. The number of carbonyl (C=O) groups excluding carboxylic acids is 1. The average Bonchev–Trinajstić information content (AvgIpc) is 3.11. The van der Waals surface area contributed by atoms with Gasteiger partial charge in [-0.1, -0.05) is 37.3 Å². The molecule has 150 valence electrons. The van der Waals surface area contributed by atoms with E-state index in [2.05, 4.69) is 17.3 Å². The maximum absolute atomic E-state index is 13.7. The zero-order valence-corrected chi connectivity index (χ0v) is 15.6. The molecule has 28 heavy (non-hydrogen) atoms. The van der Waals surface area contributed by atoms with Gasteiger partial charge in [0.05, 0.1) is 6.04 Å². The van der Waals surface area contributed by atoms with Crippen LogP contribution in [0.15, 0.2) is 36.4 Å². The summed E-state index contributed by atoms with van der Waals surface area (Å²) in [6, 6.07) is 8.24. The molecule has 0 bridgehead atoms. The molecular formula is C20H23F3N4O. The van der Waals surface area contributed by atoms with Gasteiger partial charge in [0.25, 0.3) is 5.91 Å². The van der Waals surface area contributed by atoms with E-state index in [1.807, 2.05) is 6.07 Å². The van der Waals surface area contributed by atoms with Gasteiger partial charge < -0.3 is 10.2 Å². The molecule has 1 aromatic heterocycles. The Morgan fingerprint density at radius 1 is 1.18 bits per heavy atom. The van der Waals surface area contributed by atoms with Gasteiger partial charge in [-0.15, -0.1) is 0 Å². The number of rotatable bonds is 2. The molecule has 2 aromatic rings. The van der Waals surface area contributed by atoms with E-state index in [-0.39, 0.29) is 23.8 Å². The Hall–Kier alpha value is -2.51. The Morgan fingerprint density at radius 2 is 1.86 bits per heavy atom. The molecule has 1 N–H and O–H groups in total. The number of nitrogens with zero attached hydrogens (tertiary/aromatic N) is 3. The lowest BCUT2D eigenvalue weighted by molar-refractivity contribution is -0.173. The molecule has 8 heteroatoms. The highest BCUT2D eigenvalue weighted by atomic mass is 19.4. The van der Waals surface area contributed by atoms with Crippen molar-refractivity contribution in [3.05, 3.63) is 47.7 Å². The van der Waals surface area contributed by atoms with Crippen LogP contribution in [-0.2, 0) is 0 Å². The van der Waals surface area contributed by atoms with Crippen molar-refractivity contribution in [3.8, 4) is 0 Å². The van der Waals surface area contributed by atoms with Crippen LogP contribution < -0.4 is 5.32 Å². The van der Waals surface area contributed by atoms with Gasteiger partial charge in [-0.2, -0.15) is 18.3 Å². The summed E-state index contributed by atoms with van der Waals surface area (Å²) in [6.07, 6.45) is -2.81. The van der Waals surface area contributed by atoms with Gasteiger partial charge in [0.2, 0.25) is 0 Å². The van der Waals surface area contributed by atoms with E-state index in [1.54, 1.807) is 29.2 Å². The first kappa shape index (κ1) is 18.8. The zero-order chi connectivity index (χ0) is 19.9. The van der Waals surface area contributed by atoms with Crippen LogP contribution in [0.1, 0.15) is 54.3 Å². The van der Waals surface area contributed by atoms with E-state index in [0.717, 1.165) is 23.1 Å². The number of likely N-dealkylation sites (tertiary alicyclic amines) is 1. The van der Waals surface area contributed by atoms with Crippen molar-refractivity contribution in [2.24, 2.45) is 5.92 Å². The van der Waals surface area contributed by atoms with Crippen molar-refractivity contribution in [2.45, 2.75) is 44.4 Å². The molecule has 2 aliphatic rings. The Kier molecular flexibility index (Phi) is 4.81. The summed E-state index contributed by atoms with van der Waals surface area (Å²) in [6.45, 7) is 3.37. The summed E-state index contributed by atoms with van der Waals surface area (Å²) >= 11 is 0. The van der Waals surface area contributed by atoms with Crippen molar-refractivity contribution in [2.75, 3.05) is 18.4 Å². The first-order valence-corrected chi connectivity index (χ1v) is 9.60. The van der Waals surface area contributed by atoms with Crippen molar-refractivity contribution in [1.82, 2.24) is 14.7 Å². The first-order valence-electron chi connectivity index (χ1n) is 9.60. The summed E-state index contributed by atoms with van der Waals surface area (Å²) in [4.78, 5) is 14.5. The minimum absolute atomic E-state index is 0.0695. The number of benzene rings is 1. The van der Waals surface area contributed by atoms with E-state index in [0.29, 0.717) is 19.0 Å². The molecule has 0 saturated carbocycles. The second kappa shape index (κ2) is 7.14. The molecule has 1 saturated heterocycles. The molecule has 0 unspecified atom stereocenters. The predicted octanol–water partition coefficient (Wildman–Crippen LogP) is 4.42. The molecule has 0 radical (unpaired) electrons. The van der Waals surface area contributed by atoms with Gasteiger partial charge in [-0.3, -0.25) is 4.79 Å². The Labute approximate surface area is 161 Å². The largest absolute Gasteiger partial charge is 0.410 e. The van der Waals surface area contributed by atoms with E-state index >= 15 is 0 Å². The van der Waals surface area contributed by atoms with Crippen LogP contribution in [-0.4, -0.2) is 39.9 Å². The Balaban J connectivity index is 1.63. The summed E-state index contributed by atoms with van der Waals surface area (Å²) < 4.78 is 42.1. The predicted molar refractivity (Wildman–Crippen MR) is 99.0 cm³/mol. The maximum atomic E-state index is 13.7. The maximum Gasteiger partial charge on any atom is 0.410 e. The van der Waals surface area contributed by atoms with E-state index in [4.69, 9.17) is 0 Å². The van der Waals surface area contributed by atoms with Gasteiger partial charge >= 0.3 is 6.18 Å². The smallest absolute Gasteiger partial charge is 0.363 e. The molecule has 1 amide bonds. The first-order chi connectivity index (χ1) is 13.3. The Bertz CT molecular complexity index is 841. The van der Waals surface area contributed by atoms with Crippen LogP contribution in [0.2, 0.25) is 0 Å². The second-order valence-electron chi connectivity index (χ2n) is 7.73. The molecule has 1 aromatic carbocycles. The number of alkyl halides is 3. The SMILES string of the molecule is CC1CCN(C(=O)c2cc3n(n2)[C@@H](C(F)(F)F)C[C@H](c2ccccc2)N3)CC1. The lowest BCUT2D eigenvalue weighted by Crippen LogP contribution is -2.38. The topological polar surface area (TPSA) is 50.2 Å². The third kappa shape index (κ3) is 3.59. The average molecular weight is 392 g/mol. The summed E-state index contributed by atoms with van der Waals surface area (Å²) in [7, 11) is 0. The number of aromatic nitrogens is 2. The normalized spacial score (nSPS) is 23.2. The van der Waals surface area contributed by atoms with Crippen molar-refractivity contribution >= 4 is 11.7 Å². The van der Waals surface area contributed by atoms with Gasteiger partial charge in [-0.25, -0.2) is 4.68 Å². The van der Waals surface area contributed by atoms with Crippen LogP contribution in [0, 0.1) is 5.92 Å². The van der Waals surface area contributed by atoms with Gasteiger partial charge in [-0.05, 0) is 24.3 Å². The fourth-order valence-corrected chi connectivity index (χ4v) is 3.96. The lowest BCUT2D eigenvalue weighted by atomic mass is 9.97. The third-order valence-electron chi connectivity index (χ3n) is 5.68. The monoisotopic (exact) mass is 392 g/mol. The summed E-state index contributed by atoms with van der Waals surface area (Å²) in [5, 5.41) is 7.19. The highest BCUT2D eigenvalue weighted by Crippen LogP contribution is 2.43. The molecular weight excluding hydrogens is 369 g/mol. The minimum Gasteiger partial charge on any atom is -0.363 e. The van der Waals surface area contributed by atoms with E-state index < -0.39 is 18.3 Å². The number of anilines is 1. The van der Waals surface area contributed by atoms with E-state index in [1.165, 1.54) is 6.07 Å². The Morgan fingerprint density at radius 3 is 2.50 bits per heavy atom. The highest BCUT2D eigenvalue weighted by Gasteiger charge is 2.47. The molecule has 2 atom stereocenters. The number of amides is 1. The molecule has 0 spiro atoms. The second-order valence-corrected chi connectivity index (χ2v) is 7.73. The van der Waals surface area contributed by atoms with Crippen molar-refractivity contribution < 1.29 is 18.0 Å². The number of hydrogen-bond donors (Lipinski definition) is 1. The fraction of sp³-hybridized carbons (Fsp3) is 0.500.